The van der Waals surface area contributed by atoms with E-state index >= 15 is 0 Å². The van der Waals surface area contributed by atoms with Gasteiger partial charge in [0.1, 0.15) is 11.0 Å². The number of ether oxygens (including phenoxy) is 1. The molecule has 0 spiro atoms. The fraction of sp³-hybridized carbons (Fsp3) is 0.333. The molecule has 3 N–H and O–H groups in total. The van der Waals surface area contributed by atoms with E-state index in [0.29, 0.717) is 0 Å². The minimum absolute atomic E-state index is 0.00426. The lowest BCUT2D eigenvalue weighted by Crippen LogP contribution is -2.29. The average Bonchev–Trinajstić information content (AvgIpc) is 2.74. The molecule has 2 unspecified atom stereocenters. The zero-order valence-corrected chi connectivity index (χ0v) is 9.10. The summed E-state index contributed by atoms with van der Waals surface area (Å²) >= 11 is 0.900. The van der Waals surface area contributed by atoms with Crippen LogP contribution in [0.5, 0.6) is 0 Å². The normalized spacial score (nSPS) is 14.2. The SMILES string of the molecule is COC(=O)C(O)C(O)c1ccsc1C(=O)O. The van der Waals surface area contributed by atoms with Crippen molar-refractivity contribution in [1.29, 1.82) is 0 Å². The lowest BCUT2D eigenvalue weighted by molar-refractivity contribution is -0.156. The molecule has 2 atom stereocenters. The fourth-order valence-electron chi connectivity index (χ4n) is 1.15. The zero-order chi connectivity index (χ0) is 12.3. The summed E-state index contributed by atoms with van der Waals surface area (Å²) in [4.78, 5) is 21.6. The molecule has 1 rings (SSSR count). The lowest BCUT2D eigenvalue weighted by Gasteiger charge is -2.15. The van der Waals surface area contributed by atoms with Crippen LogP contribution in [0.2, 0.25) is 0 Å². The van der Waals surface area contributed by atoms with Gasteiger partial charge in [0.2, 0.25) is 0 Å². The maximum atomic E-state index is 11.0. The van der Waals surface area contributed by atoms with E-state index in [0.717, 1.165) is 18.4 Å². The number of carbonyl (C=O) groups is 2. The number of aliphatic hydroxyl groups is 2. The first-order chi connectivity index (χ1) is 7.49. The van der Waals surface area contributed by atoms with Crippen molar-refractivity contribution >= 4 is 23.3 Å². The van der Waals surface area contributed by atoms with Crippen molar-refractivity contribution in [3.8, 4) is 0 Å². The first-order valence-electron chi connectivity index (χ1n) is 4.23. The quantitative estimate of drug-likeness (QED) is 0.647. The van der Waals surface area contributed by atoms with Gasteiger partial charge in [-0.2, -0.15) is 0 Å². The summed E-state index contributed by atoms with van der Waals surface area (Å²) in [5.41, 5.74) is -0.00426. The molecular weight excluding hydrogens is 236 g/mol. The Balaban J connectivity index is 2.96. The second-order valence-corrected chi connectivity index (χ2v) is 3.84. The number of carboxylic acid groups (broad SMARTS) is 1. The number of esters is 1. The molecular formula is C9H10O6S. The number of aliphatic hydroxyl groups excluding tert-OH is 2. The summed E-state index contributed by atoms with van der Waals surface area (Å²) in [6.07, 6.45) is -3.40. The van der Waals surface area contributed by atoms with Gasteiger partial charge in [-0.05, 0) is 11.4 Å². The van der Waals surface area contributed by atoms with Crippen LogP contribution in [0.1, 0.15) is 21.3 Å². The predicted molar refractivity (Wildman–Crippen MR) is 54.3 cm³/mol. The third kappa shape index (κ3) is 2.38. The largest absolute Gasteiger partial charge is 0.477 e. The number of rotatable bonds is 4. The van der Waals surface area contributed by atoms with Crippen molar-refractivity contribution in [1.82, 2.24) is 0 Å². The van der Waals surface area contributed by atoms with E-state index in [-0.39, 0.29) is 10.4 Å². The second kappa shape index (κ2) is 5.06. The molecule has 0 bridgehead atoms. The van der Waals surface area contributed by atoms with Crippen molar-refractivity contribution < 1.29 is 29.6 Å². The molecule has 0 saturated heterocycles. The molecule has 1 heterocycles. The van der Waals surface area contributed by atoms with Crippen LogP contribution in [0.4, 0.5) is 0 Å². The van der Waals surface area contributed by atoms with Crippen LogP contribution >= 0.6 is 11.3 Å². The van der Waals surface area contributed by atoms with Crippen LogP contribution in [0, 0.1) is 0 Å². The number of aromatic carboxylic acids is 1. The molecule has 1 aromatic heterocycles. The zero-order valence-electron chi connectivity index (χ0n) is 8.28. The molecule has 0 fully saturated rings. The minimum Gasteiger partial charge on any atom is -0.477 e. The number of carboxylic acids is 1. The van der Waals surface area contributed by atoms with E-state index in [1.54, 1.807) is 0 Å². The Morgan fingerprint density at radius 2 is 2.06 bits per heavy atom. The third-order valence-corrected chi connectivity index (χ3v) is 2.87. The van der Waals surface area contributed by atoms with Crippen LogP contribution in [0.15, 0.2) is 11.4 Å². The Hall–Kier alpha value is -1.44. The van der Waals surface area contributed by atoms with Crippen molar-refractivity contribution in [3.05, 3.63) is 21.9 Å². The minimum atomic E-state index is -1.79. The maximum Gasteiger partial charge on any atom is 0.346 e. The van der Waals surface area contributed by atoms with Crippen LogP contribution in [-0.4, -0.2) is 40.5 Å². The van der Waals surface area contributed by atoms with E-state index in [2.05, 4.69) is 4.74 Å². The van der Waals surface area contributed by atoms with E-state index in [1.807, 2.05) is 0 Å². The predicted octanol–water partition coefficient (Wildman–Crippen LogP) is 0.0136. The molecule has 88 valence electrons. The van der Waals surface area contributed by atoms with E-state index in [1.165, 1.54) is 11.4 Å². The van der Waals surface area contributed by atoms with Crippen LogP contribution in [0.25, 0.3) is 0 Å². The van der Waals surface area contributed by atoms with Gasteiger partial charge < -0.3 is 20.1 Å². The highest BCUT2D eigenvalue weighted by Crippen LogP contribution is 2.26. The topological polar surface area (TPSA) is 104 Å². The van der Waals surface area contributed by atoms with Gasteiger partial charge in [-0.15, -0.1) is 11.3 Å². The van der Waals surface area contributed by atoms with Gasteiger partial charge in [-0.25, -0.2) is 9.59 Å². The highest BCUT2D eigenvalue weighted by Gasteiger charge is 2.30. The number of hydrogen-bond acceptors (Lipinski definition) is 6. The summed E-state index contributed by atoms with van der Waals surface area (Å²) in [5.74, 6) is -2.24. The molecule has 0 aromatic carbocycles. The molecule has 0 saturated carbocycles. The molecule has 7 heteroatoms. The summed E-state index contributed by atoms with van der Waals surface area (Å²) in [7, 11) is 1.06. The number of methoxy groups -OCH3 is 1. The molecule has 0 aliphatic rings. The molecule has 0 radical (unpaired) electrons. The number of carbonyl (C=O) groups excluding carboxylic acids is 1. The monoisotopic (exact) mass is 246 g/mol. The summed E-state index contributed by atoms with van der Waals surface area (Å²) < 4.78 is 4.24. The highest BCUT2D eigenvalue weighted by atomic mass is 32.1. The first-order valence-corrected chi connectivity index (χ1v) is 5.11. The van der Waals surface area contributed by atoms with E-state index < -0.39 is 24.1 Å². The van der Waals surface area contributed by atoms with Crippen molar-refractivity contribution in [2.24, 2.45) is 0 Å². The Morgan fingerprint density at radius 3 is 2.56 bits per heavy atom. The first kappa shape index (κ1) is 12.6. The second-order valence-electron chi connectivity index (χ2n) is 2.92. The van der Waals surface area contributed by atoms with Gasteiger partial charge >= 0.3 is 11.9 Å². The van der Waals surface area contributed by atoms with Crippen LogP contribution < -0.4 is 0 Å². The molecule has 0 aliphatic heterocycles. The van der Waals surface area contributed by atoms with Gasteiger partial charge in [-0.1, -0.05) is 0 Å². The summed E-state index contributed by atoms with van der Waals surface area (Å²) in [6, 6.07) is 1.34. The van der Waals surface area contributed by atoms with Crippen LogP contribution in [-0.2, 0) is 9.53 Å². The molecule has 1 aromatic rings. The lowest BCUT2D eigenvalue weighted by atomic mass is 10.1. The van der Waals surface area contributed by atoms with E-state index in [9.17, 15) is 19.8 Å². The number of hydrogen-bond donors (Lipinski definition) is 3. The van der Waals surface area contributed by atoms with E-state index in [4.69, 9.17) is 5.11 Å². The third-order valence-electron chi connectivity index (χ3n) is 1.95. The Kier molecular flexibility index (Phi) is 3.99. The smallest absolute Gasteiger partial charge is 0.346 e. The molecule has 0 amide bonds. The maximum absolute atomic E-state index is 11.0. The van der Waals surface area contributed by atoms with Gasteiger partial charge in [0.15, 0.2) is 6.10 Å². The summed E-state index contributed by atoms with van der Waals surface area (Å²) in [6.45, 7) is 0. The fourth-order valence-corrected chi connectivity index (χ4v) is 1.92. The van der Waals surface area contributed by atoms with Crippen LogP contribution in [0.3, 0.4) is 0 Å². The van der Waals surface area contributed by atoms with Gasteiger partial charge in [-0.3, -0.25) is 0 Å². The van der Waals surface area contributed by atoms with Gasteiger partial charge in [0.05, 0.1) is 7.11 Å². The van der Waals surface area contributed by atoms with Gasteiger partial charge in [0.25, 0.3) is 0 Å². The average molecular weight is 246 g/mol. The standard InChI is InChI=1S/C9H10O6S/c1-15-9(14)6(11)5(10)4-2-3-16-7(4)8(12)13/h2-3,5-6,10-11H,1H3,(H,12,13). The highest BCUT2D eigenvalue weighted by molar-refractivity contribution is 7.12. The summed E-state index contributed by atoms with van der Waals surface area (Å²) in [5, 5.41) is 29.2. The van der Waals surface area contributed by atoms with Crippen molar-refractivity contribution in [2.45, 2.75) is 12.2 Å². The Morgan fingerprint density at radius 1 is 1.44 bits per heavy atom. The number of thiophene rings is 1. The molecule has 0 aliphatic carbocycles. The Labute approximate surface area is 94.7 Å². The molecule has 16 heavy (non-hydrogen) atoms. The Bertz CT molecular complexity index is 398. The van der Waals surface area contributed by atoms with Crippen molar-refractivity contribution in [3.63, 3.8) is 0 Å². The van der Waals surface area contributed by atoms with Crippen molar-refractivity contribution in [2.75, 3.05) is 7.11 Å². The molecule has 6 nitrogen and oxygen atoms in total. The van der Waals surface area contributed by atoms with Gasteiger partial charge in [0, 0.05) is 5.56 Å².